The van der Waals surface area contributed by atoms with Crippen LogP contribution < -0.4 is 5.32 Å². The van der Waals surface area contributed by atoms with Crippen LogP contribution >= 0.6 is 11.3 Å². The highest BCUT2D eigenvalue weighted by Gasteiger charge is 2.21. The molecule has 3 rings (SSSR count). The lowest BCUT2D eigenvalue weighted by molar-refractivity contribution is 0.0937. The van der Waals surface area contributed by atoms with Gasteiger partial charge in [0.1, 0.15) is 16.5 Å². The minimum absolute atomic E-state index is 0.0689. The number of benzene rings is 1. The molecule has 1 aliphatic carbocycles. The normalized spacial score (nSPS) is 20.3. The largest absolute Gasteiger partial charge is 0.396 e. The van der Waals surface area contributed by atoms with Crippen molar-refractivity contribution in [1.29, 1.82) is 0 Å². The van der Waals surface area contributed by atoms with Gasteiger partial charge in [-0.05, 0) is 30.7 Å². The van der Waals surface area contributed by atoms with Crippen LogP contribution in [-0.4, -0.2) is 28.6 Å². The first kappa shape index (κ1) is 14.9. The first-order valence-corrected chi connectivity index (χ1v) is 7.85. The second-order valence-electron chi connectivity index (χ2n) is 5.19. The van der Waals surface area contributed by atoms with Crippen molar-refractivity contribution in [1.82, 2.24) is 10.3 Å². The Kier molecular flexibility index (Phi) is 4.31. The molecule has 0 saturated carbocycles. The SMILES string of the molecule is O=C(N[C@@H]1C=C[C@H](CO)C1)c1csc(-c2ccc(F)cc2)n1. The van der Waals surface area contributed by atoms with Crippen molar-refractivity contribution in [2.75, 3.05) is 6.61 Å². The summed E-state index contributed by atoms with van der Waals surface area (Å²) in [5.74, 6) is -0.432. The molecule has 1 aliphatic rings. The van der Waals surface area contributed by atoms with Crippen molar-refractivity contribution in [2.24, 2.45) is 5.92 Å². The molecule has 2 N–H and O–H groups in total. The smallest absolute Gasteiger partial charge is 0.271 e. The maximum absolute atomic E-state index is 12.9. The van der Waals surface area contributed by atoms with Crippen LogP contribution in [0.2, 0.25) is 0 Å². The van der Waals surface area contributed by atoms with Gasteiger partial charge in [0.25, 0.3) is 5.91 Å². The zero-order chi connectivity index (χ0) is 15.5. The molecular formula is C16H15FN2O2S. The topological polar surface area (TPSA) is 62.2 Å². The van der Waals surface area contributed by atoms with Crippen LogP contribution in [0.5, 0.6) is 0 Å². The molecule has 0 aliphatic heterocycles. The number of carbonyl (C=O) groups is 1. The lowest BCUT2D eigenvalue weighted by Gasteiger charge is -2.11. The van der Waals surface area contributed by atoms with E-state index in [2.05, 4.69) is 10.3 Å². The molecule has 2 aromatic rings. The number of hydrogen-bond donors (Lipinski definition) is 2. The summed E-state index contributed by atoms with van der Waals surface area (Å²) in [7, 11) is 0. The van der Waals surface area contributed by atoms with Crippen LogP contribution in [0.25, 0.3) is 10.6 Å². The van der Waals surface area contributed by atoms with Gasteiger partial charge in [-0.25, -0.2) is 9.37 Å². The third-order valence-corrected chi connectivity index (χ3v) is 4.44. The molecular weight excluding hydrogens is 303 g/mol. The second-order valence-corrected chi connectivity index (χ2v) is 6.05. The summed E-state index contributed by atoms with van der Waals surface area (Å²) < 4.78 is 12.9. The van der Waals surface area contributed by atoms with Gasteiger partial charge in [0.15, 0.2) is 0 Å². The molecule has 1 heterocycles. The fourth-order valence-corrected chi connectivity index (χ4v) is 3.17. The highest BCUT2D eigenvalue weighted by molar-refractivity contribution is 7.13. The minimum Gasteiger partial charge on any atom is -0.396 e. The number of aromatic nitrogens is 1. The molecule has 0 spiro atoms. The summed E-state index contributed by atoms with van der Waals surface area (Å²) >= 11 is 1.35. The maximum atomic E-state index is 12.9. The number of hydrogen-bond acceptors (Lipinski definition) is 4. The Morgan fingerprint density at radius 3 is 2.82 bits per heavy atom. The lowest BCUT2D eigenvalue weighted by Crippen LogP contribution is -2.33. The van der Waals surface area contributed by atoms with Gasteiger partial charge in [0.2, 0.25) is 0 Å². The molecule has 1 amide bonds. The number of rotatable bonds is 4. The van der Waals surface area contributed by atoms with Crippen LogP contribution in [0.4, 0.5) is 4.39 Å². The van der Waals surface area contributed by atoms with E-state index in [1.165, 1.54) is 23.5 Å². The molecule has 6 heteroatoms. The van der Waals surface area contributed by atoms with E-state index in [1.54, 1.807) is 17.5 Å². The maximum Gasteiger partial charge on any atom is 0.271 e. The number of carbonyl (C=O) groups excluding carboxylic acids is 1. The number of thiazole rings is 1. The third-order valence-electron chi connectivity index (χ3n) is 3.55. The van der Waals surface area contributed by atoms with Crippen molar-refractivity contribution in [3.8, 4) is 10.6 Å². The fraction of sp³-hybridized carbons (Fsp3) is 0.250. The zero-order valence-electron chi connectivity index (χ0n) is 11.7. The summed E-state index contributed by atoms with van der Waals surface area (Å²) in [6, 6.07) is 5.95. The third kappa shape index (κ3) is 3.23. The van der Waals surface area contributed by atoms with Gasteiger partial charge in [0, 0.05) is 29.5 Å². The number of nitrogens with one attached hydrogen (secondary N) is 1. The molecule has 114 valence electrons. The molecule has 0 bridgehead atoms. The molecule has 4 nitrogen and oxygen atoms in total. The fourth-order valence-electron chi connectivity index (χ4n) is 2.36. The van der Waals surface area contributed by atoms with Crippen LogP contribution in [0.3, 0.4) is 0 Å². The van der Waals surface area contributed by atoms with Crippen LogP contribution in [-0.2, 0) is 0 Å². The van der Waals surface area contributed by atoms with E-state index in [4.69, 9.17) is 5.11 Å². The van der Waals surface area contributed by atoms with Gasteiger partial charge in [-0.15, -0.1) is 11.3 Å². The van der Waals surface area contributed by atoms with Crippen molar-refractivity contribution in [2.45, 2.75) is 12.5 Å². The van der Waals surface area contributed by atoms with Gasteiger partial charge < -0.3 is 10.4 Å². The molecule has 2 atom stereocenters. The number of nitrogens with zero attached hydrogens (tertiary/aromatic N) is 1. The van der Waals surface area contributed by atoms with Crippen LogP contribution in [0, 0.1) is 11.7 Å². The van der Waals surface area contributed by atoms with E-state index in [1.807, 2.05) is 12.2 Å². The summed E-state index contributed by atoms with van der Waals surface area (Å²) in [5.41, 5.74) is 1.14. The van der Waals surface area contributed by atoms with Gasteiger partial charge in [-0.2, -0.15) is 0 Å². The van der Waals surface area contributed by atoms with Crippen molar-refractivity contribution in [3.63, 3.8) is 0 Å². The Balaban J connectivity index is 1.67. The molecule has 0 radical (unpaired) electrons. The number of amides is 1. The molecule has 0 unspecified atom stereocenters. The highest BCUT2D eigenvalue weighted by atomic mass is 32.1. The molecule has 22 heavy (non-hydrogen) atoms. The second kappa shape index (κ2) is 6.37. The summed E-state index contributed by atoms with van der Waals surface area (Å²) in [6.45, 7) is 0.0916. The van der Waals surface area contributed by atoms with E-state index >= 15 is 0 Å². The molecule has 1 aromatic carbocycles. The van der Waals surface area contributed by atoms with Crippen LogP contribution in [0.1, 0.15) is 16.9 Å². The first-order chi connectivity index (χ1) is 10.7. The van der Waals surface area contributed by atoms with Gasteiger partial charge in [-0.1, -0.05) is 12.2 Å². The van der Waals surface area contributed by atoms with Gasteiger partial charge in [-0.3, -0.25) is 4.79 Å². The van der Waals surface area contributed by atoms with Crippen molar-refractivity contribution < 1.29 is 14.3 Å². The van der Waals surface area contributed by atoms with Gasteiger partial charge in [0.05, 0.1) is 0 Å². The minimum atomic E-state index is -0.301. The predicted octanol–water partition coefficient (Wildman–Crippen LogP) is 2.62. The summed E-state index contributed by atoms with van der Waals surface area (Å²) in [6.07, 6.45) is 4.51. The Hall–Kier alpha value is -2.05. The Morgan fingerprint density at radius 1 is 1.36 bits per heavy atom. The van der Waals surface area contributed by atoms with E-state index < -0.39 is 0 Å². The zero-order valence-corrected chi connectivity index (χ0v) is 12.5. The van der Waals surface area contributed by atoms with E-state index in [-0.39, 0.29) is 30.3 Å². The first-order valence-electron chi connectivity index (χ1n) is 6.97. The predicted molar refractivity (Wildman–Crippen MR) is 83.1 cm³/mol. The monoisotopic (exact) mass is 318 g/mol. The van der Waals surface area contributed by atoms with Crippen molar-refractivity contribution in [3.05, 3.63) is 53.3 Å². The van der Waals surface area contributed by atoms with E-state index in [0.717, 1.165) is 5.56 Å². The number of aliphatic hydroxyl groups is 1. The lowest BCUT2D eigenvalue weighted by atomic mass is 10.1. The summed E-state index contributed by atoms with van der Waals surface area (Å²) in [5, 5.41) is 14.3. The van der Waals surface area contributed by atoms with Crippen LogP contribution in [0.15, 0.2) is 41.8 Å². The standard InChI is InChI=1S/C16H15FN2O2S/c17-12-4-2-11(3-5-12)16-19-14(9-22-16)15(21)18-13-6-1-10(7-13)8-20/h1-6,9-10,13,20H,7-8H2,(H,18,21)/t10-,13+/m0/s1. The van der Waals surface area contributed by atoms with E-state index in [9.17, 15) is 9.18 Å². The number of halogens is 1. The Morgan fingerprint density at radius 2 is 2.14 bits per heavy atom. The molecule has 1 aromatic heterocycles. The van der Waals surface area contributed by atoms with Gasteiger partial charge >= 0.3 is 0 Å². The van der Waals surface area contributed by atoms with E-state index in [0.29, 0.717) is 17.1 Å². The molecule has 0 saturated heterocycles. The average molecular weight is 318 g/mol. The number of aliphatic hydroxyl groups excluding tert-OH is 1. The quantitative estimate of drug-likeness (QED) is 0.852. The summed E-state index contributed by atoms with van der Waals surface area (Å²) in [4.78, 5) is 16.5. The average Bonchev–Trinajstić information content (AvgIpc) is 3.17. The molecule has 0 fully saturated rings. The Labute approximate surface area is 131 Å². The van der Waals surface area contributed by atoms with Crippen molar-refractivity contribution >= 4 is 17.2 Å². The Bertz CT molecular complexity index is 696. The highest BCUT2D eigenvalue weighted by Crippen LogP contribution is 2.24.